The molecule has 2 aliphatic heterocycles. The number of methoxy groups -OCH3 is 1. The number of benzene rings is 2. The molecule has 1 amide bonds. The second-order valence-corrected chi connectivity index (χ2v) is 7.80. The van der Waals surface area contributed by atoms with E-state index in [0.717, 1.165) is 0 Å². The zero-order valence-electron chi connectivity index (χ0n) is 19.1. The molecule has 4 rings (SSSR count). The minimum absolute atomic E-state index is 0.0448. The summed E-state index contributed by atoms with van der Waals surface area (Å²) in [6.07, 6.45) is 0.0448. The number of ether oxygens (including phenoxy) is 2. The Hall–Kier alpha value is -4.20. The van der Waals surface area contributed by atoms with Crippen LogP contribution in [-0.2, 0) is 14.3 Å². The van der Waals surface area contributed by atoms with E-state index in [1.54, 1.807) is 68.4 Å². The van der Waals surface area contributed by atoms with Gasteiger partial charge in [0.05, 0.1) is 36.6 Å². The normalized spacial score (nSPS) is 17.9. The first-order chi connectivity index (χ1) is 16.4. The highest BCUT2D eigenvalue weighted by atomic mass is 16.5. The van der Waals surface area contributed by atoms with Crippen LogP contribution in [0.15, 0.2) is 82.2 Å². The standard InChI is InChI=1S/C26H24N2O6/c1-4-34-26(32)19-14-20(27-15(19)2)28-22(16-10-12-18(33-3)13-11-16)21(24(30)25(28)31)23(29)17-8-6-5-7-9-17/h5-13,22,30H,4,14H2,1-3H3. The van der Waals surface area contributed by atoms with E-state index in [1.165, 1.54) is 12.0 Å². The maximum absolute atomic E-state index is 13.4. The molecule has 0 aliphatic carbocycles. The molecule has 0 spiro atoms. The number of aliphatic imine (C=N–C) groups is 1. The summed E-state index contributed by atoms with van der Waals surface area (Å²) in [5, 5.41) is 10.9. The fourth-order valence-electron chi connectivity index (χ4n) is 4.11. The van der Waals surface area contributed by atoms with E-state index < -0.39 is 29.5 Å². The third-order valence-corrected chi connectivity index (χ3v) is 5.79. The van der Waals surface area contributed by atoms with Crippen molar-refractivity contribution in [2.75, 3.05) is 13.7 Å². The van der Waals surface area contributed by atoms with Crippen molar-refractivity contribution in [2.45, 2.75) is 26.3 Å². The van der Waals surface area contributed by atoms with Crippen molar-refractivity contribution in [3.8, 4) is 5.75 Å². The Labute approximate surface area is 196 Å². The van der Waals surface area contributed by atoms with Crippen LogP contribution >= 0.6 is 0 Å². The molecule has 0 saturated carbocycles. The van der Waals surface area contributed by atoms with E-state index in [0.29, 0.717) is 28.1 Å². The third kappa shape index (κ3) is 3.98. The monoisotopic (exact) mass is 460 g/mol. The molecular weight excluding hydrogens is 436 g/mol. The Morgan fingerprint density at radius 3 is 2.41 bits per heavy atom. The first-order valence-corrected chi connectivity index (χ1v) is 10.8. The van der Waals surface area contributed by atoms with Crippen LogP contribution in [0.2, 0.25) is 0 Å². The number of hydrogen-bond donors (Lipinski definition) is 1. The summed E-state index contributed by atoms with van der Waals surface area (Å²) < 4.78 is 10.3. The lowest BCUT2D eigenvalue weighted by atomic mass is 9.92. The second-order valence-electron chi connectivity index (χ2n) is 7.80. The largest absolute Gasteiger partial charge is 0.503 e. The van der Waals surface area contributed by atoms with E-state index in [2.05, 4.69) is 4.99 Å². The zero-order chi connectivity index (χ0) is 24.4. The van der Waals surface area contributed by atoms with Gasteiger partial charge < -0.3 is 14.6 Å². The second kappa shape index (κ2) is 9.35. The van der Waals surface area contributed by atoms with Crippen LogP contribution in [0.4, 0.5) is 0 Å². The fraction of sp³-hybridized carbons (Fsp3) is 0.231. The number of aliphatic hydroxyl groups excluding tert-OH is 1. The molecular formula is C26H24N2O6. The highest BCUT2D eigenvalue weighted by molar-refractivity contribution is 6.20. The minimum Gasteiger partial charge on any atom is -0.503 e. The van der Waals surface area contributed by atoms with Crippen LogP contribution in [0.1, 0.15) is 42.2 Å². The topological polar surface area (TPSA) is 106 Å². The minimum atomic E-state index is -0.931. The van der Waals surface area contributed by atoms with Crippen LogP contribution in [0.25, 0.3) is 0 Å². The van der Waals surface area contributed by atoms with Gasteiger partial charge in [0.15, 0.2) is 11.5 Å². The average Bonchev–Trinajstić information content (AvgIpc) is 3.36. The van der Waals surface area contributed by atoms with Gasteiger partial charge in [0.1, 0.15) is 11.6 Å². The lowest BCUT2D eigenvalue weighted by molar-refractivity contribution is -0.138. The molecule has 2 heterocycles. The summed E-state index contributed by atoms with van der Waals surface area (Å²) in [5.41, 5.74) is 1.64. The number of esters is 1. The zero-order valence-corrected chi connectivity index (χ0v) is 19.1. The van der Waals surface area contributed by atoms with Crippen molar-refractivity contribution in [3.05, 3.63) is 88.3 Å². The highest BCUT2D eigenvalue weighted by Crippen LogP contribution is 2.41. The first-order valence-electron chi connectivity index (χ1n) is 10.8. The predicted molar refractivity (Wildman–Crippen MR) is 124 cm³/mol. The molecule has 174 valence electrons. The van der Waals surface area contributed by atoms with Gasteiger partial charge in [-0.1, -0.05) is 42.5 Å². The summed E-state index contributed by atoms with van der Waals surface area (Å²) in [6, 6.07) is 14.4. The lowest BCUT2D eigenvalue weighted by Gasteiger charge is -2.27. The number of carbonyl (C=O) groups excluding carboxylic acids is 3. The van der Waals surface area contributed by atoms with Gasteiger partial charge in [-0.25, -0.2) is 9.79 Å². The number of nitrogens with zero attached hydrogens (tertiary/aromatic N) is 2. The maximum atomic E-state index is 13.4. The smallest absolute Gasteiger partial charge is 0.336 e. The van der Waals surface area contributed by atoms with Crippen molar-refractivity contribution in [2.24, 2.45) is 4.99 Å². The van der Waals surface area contributed by atoms with Gasteiger partial charge in [-0.3, -0.25) is 14.5 Å². The molecule has 1 unspecified atom stereocenters. The average molecular weight is 460 g/mol. The maximum Gasteiger partial charge on any atom is 0.336 e. The first kappa shape index (κ1) is 23.0. The molecule has 0 bridgehead atoms. The molecule has 0 saturated heterocycles. The summed E-state index contributed by atoms with van der Waals surface area (Å²) in [7, 11) is 1.54. The summed E-state index contributed by atoms with van der Waals surface area (Å²) >= 11 is 0. The number of allylic oxidation sites excluding steroid dienone is 1. The van der Waals surface area contributed by atoms with E-state index in [-0.39, 0.29) is 24.4 Å². The van der Waals surface area contributed by atoms with Gasteiger partial charge in [-0.05, 0) is 31.5 Å². The number of rotatable bonds is 6. The van der Waals surface area contributed by atoms with E-state index in [1.807, 2.05) is 0 Å². The summed E-state index contributed by atoms with van der Waals surface area (Å²) in [4.78, 5) is 44.8. The predicted octanol–water partition coefficient (Wildman–Crippen LogP) is 3.91. The third-order valence-electron chi connectivity index (χ3n) is 5.79. The van der Waals surface area contributed by atoms with Gasteiger partial charge in [0, 0.05) is 12.0 Å². The molecule has 8 heteroatoms. The molecule has 0 fully saturated rings. The summed E-state index contributed by atoms with van der Waals surface area (Å²) in [6.45, 7) is 3.57. The Balaban J connectivity index is 1.78. The Kier molecular flexibility index (Phi) is 6.32. The fourth-order valence-corrected chi connectivity index (χ4v) is 4.11. The SMILES string of the molecule is CCOC(=O)C1=C(C)N=C(N2C(=O)C(O)=C(C(=O)c3ccccc3)C2c2ccc(OC)cc2)C1. The van der Waals surface area contributed by atoms with Crippen LogP contribution < -0.4 is 4.74 Å². The number of aliphatic hydroxyl groups is 1. The highest BCUT2D eigenvalue weighted by Gasteiger charge is 2.47. The Bertz CT molecular complexity index is 1240. The van der Waals surface area contributed by atoms with Crippen molar-refractivity contribution >= 4 is 23.5 Å². The molecule has 2 aromatic rings. The van der Waals surface area contributed by atoms with E-state index in [9.17, 15) is 19.5 Å². The summed E-state index contributed by atoms with van der Waals surface area (Å²) in [5.74, 6) is -1.51. The van der Waals surface area contributed by atoms with Gasteiger partial charge >= 0.3 is 5.97 Å². The number of Topliss-reactive ketones (excluding diaryl/α,β-unsaturated/α-hetero) is 1. The number of ketones is 1. The van der Waals surface area contributed by atoms with Crippen molar-refractivity contribution in [1.29, 1.82) is 0 Å². The van der Waals surface area contributed by atoms with Gasteiger partial charge in [-0.2, -0.15) is 0 Å². The molecule has 1 N–H and O–H groups in total. The Morgan fingerprint density at radius 1 is 1.12 bits per heavy atom. The van der Waals surface area contributed by atoms with Crippen LogP contribution in [0, 0.1) is 0 Å². The molecule has 34 heavy (non-hydrogen) atoms. The lowest BCUT2D eigenvalue weighted by Crippen LogP contribution is -2.36. The molecule has 2 aliphatic rings. The molecule has 0 aromatic heterocycles. The number of amides is 1. The molecule has 1 atom stereocenters. The molecule has 8 nitrogen and oxygen atoms in total. The van der Waals surface area contributed by atoms with Crippen molar-refractivity contribution in [1.82, 2.24) is 4.90 Å². The van der Waals surface area contributed by atoms with Gasteiger partial charge in [-0.15, -0.1) is 0 Å². The van der Waals surface area contributed by atoms with E-state index >= 15 is 0 Å². The van der Waals surface area contributed by atoms with Crippen LogP contribution in [0.5, 0.6) is 5.75 Å². The molecule has 0 radical (unpaired) electrons. The number of amidine groups is 1. The number of carbonyl (C=O) groups is 3. The molecule has 2 aromatic carbocycles. The van der Waals surface area contributed by atoms with Crippen LogP contribution in [0.3, 0.4) is 0 Å². The van der Waals surface area contributed by atoms with E-state index in [4.69, 9.17) is 9.47 Å². The Morgan fingerprint density at radius 2 is 1.79 bits per heavy atom. The van der Waals surface area contributed by atoms with Gasteiger partial charge in [0.2, 0.25) is 0 Å². The van der Waals surface area contributed by atoms with Crippen LogP contribution in [-0.4, -0.2) is 47.2 Å². The number of hydrogen-bond acceptors (Lipinski definition) is 7. The van der Waals surface area contributed by atoms with Crippen molar-refractivity contribution < 1.29 is 29.0 Å². The quantitative estimate of drug-likeness (QED) is 0.518. The van der Waals surface area contributed by atoms with Gasteiger partial charge in [0.25, 0.3) is 5.91 Å². The van der Waals surface area contributed by atoms with Crippen molar-refractivity contribution in [3.63, 3.8) is 0 Å².